The monoisotopic (exact) mass is 477 g/mol. The van der Waals surface area contributed by atoms with E-state index in [2.05, 4.69) is 59.9 Å². The molecule has 0 unspecified atom stereocenters. The third-order valence-electron chi connectivity index (χ3n) is 6.22. The van der Waals surface area contributed by atoms with Crippen molar-refractivity contribution in [1.29, 1.82) is 0 Å². The van der Waals surface area contributed by atoms with Gasteiger partial charge in [0.1, 0.15) is 5.60 Å². The first kappa shape index (κ1) is 27.0. The van der Waals surface area contributed by atoms with Gasteiger partial charge in [-0.25, -0.2) is 4.79 Å². The number of amides is 1. The third kappa shape index (κ3) is 8.52. The summed E-state index contributed by atoms with van der Waals surface area (Å²) in [6.45, 7) is 9.87. The van der Waals surface area contributed by atoms with Crippen LogP contribution in [0.5, 0.6) is 0 Å². The Morgan fingerprint density at radius 2 is 1.43 bits per heavy atom. The van der Waals surface area contributed by atoms with Crippen LogP contribution in [0.2, 0.25) is 0 Å². The van der Waals surface area contributed by atoms with Crippen LogP contribution >= 0.6 is 0 Å². The second-order valence-electron chi connectivity index (χ2n) is 10.4. The van der Waals surface area contributed by atoms with Crippen LogP contribution in [0.3, 0.4) is 0 Å². The molecule has 0 fully saturated rings. The molecule has 5 nitrogen and oxygen atoms in total. The van der Waals surface area contributed by atoms with Crippen molar-refractivity contribution in [3.05, 3.63) is 60.2 Å². The van der Waals surface area contributed by atoms with Crippen LogP contribution in [0, 0.1) is 0 Å². The van der Waals surface area contributed by atoms with E-state index in [4.69, 9.17) is 10.5 Å². The first-order chi connectivity index (χ1) is 16.9. The van der Waals surface area contributed by atoms with E-state index in [0.29, 0.717) is 13.1 Å². The molecule has 0 bridgehead atoms. The van der Waals surface area contributed by atoms with Gasteiger partial charge in [-0.05, 0) is 99.3 Å². The number of unbranched alkanes of at least 4 members (excludes halogenated alkanes) is 4. The molecule has 5 heteroatoms. The Morgan fingerprint density at radius 1 is 0.857 bits per heavy atom. The Labute approximate surface area is 211 Å². The predicted octanol–water partition coefficient (Wildman–Crippen LogP) is 6.62. The highest BCUT2D eigenvalue weighted by Gasteiger charge is 2.23. The van der Waals surface area contributed by atoms with Crippen LogP contribution in [0.25, 0.3) is 21.5 Å². The van der Waals surface area contributed by atoms with Crippen molar-refractivity contribution >= 4 is 27.6 Å². The molecule has 0 aliphatic rings. The number of nitrogens with two attached hydrogens (primary N) is 1. The standard InChI is InChI=1S/C30H43N3O2/c1-30(2,3)35-29(34)33(21-13-5-4-11-19-32-20-12-10-18-31)23-28-26-16-8-6-14-24(26)22-25-15-7-9-17-27(25)28/h6-9,14-17,22,32H,4-5,10-13,18-21,23,31H2,1-3H3. The van der Waals surface area contributed by atoms with E-state index in [9.17, 15) is 4.79 Å². The highest BCUT2D eigenvalue weighted by atomic mass is 16.6. The lowest BCUT2D eigenvalue weighted by molar-refractivity contribution is 0.0232. The van der Waals surface area contributed by atoms with Gasteiger partial charge in [0.2, 0.25) is 0 Å². The van der Waals surface area contributed by atoms with Crippen molar-refractivity contribution in [2.45, 2.75) is 71.4 Å². The number of hydrogen-bond donors (Lipinski definition) is 2. The molecule has 3 rings (SSSR count). The molecule has 190 valence electrons. The van der Waals surface area contributed by atoms with E-state index in [0.717, 1.165) is 58.2 Å². The number of carbonyl (C=O) groups excluding carboxylic acids is 1. The quantitative estimate of drug-likeness (QED) is 0.214. The minimum absolute atomic E-state index is 0.240. The molecule has 0 radical (unpaired) electrons. The van der Waals surface area contributed by atoms with Gasteiger partial charge in [0.05, 0.1) is 6.54 Å². The minimum atomic E-state index is -0.522. The smallest absolute Gasteiger partial charge is 0.410 e. The molecule has 0 heterocycles. The maximum atomic E-state index is 13.2. The molecule has 0 aromatic heterocycles. The molecule has 3 aromatic rings. The molecule has 1 amide bonds. The van der Waals surface area contributed by atoms with Crippen LogP contribution in [0.1, 0.15) is 64.9 Å². The molecular weight excluding hydrogens is 434 g/mol. The zero-order chi connectivity index (χ0) is 25.1. The number of rotatable bonds is 13. The van der Waals surface area contributed by atoms with Crippen molar-refractivity contribution in [1.82, 2.24) is 10.2 Å². The Balaban J connectivity index is 1.68. The van der Waals surface area contributed by atoms with Gasteiger partial charge < -0.3 is 20.7 Å². The molecule has 3 aromatic carbocycles. The van der Waals surface area contributed by atoms with Crippen LogP contribution < -0.4 is 11.1 Å². The van der Waals surface area contributed by atoms with Gasteiger partial charge in [0.25, 0.3) is 0 Å². The number of ether oxygens (including phenoxy) is 1. The number of hydrogen-bond acceptors (Lipinski definition) is 4. The minimum Gasteiger partial charge on any atom is -0.444 e. The van der Waals surface area contributed by atoms with Crippen molar-refractivity contribution in [3.63, 3.8) is 0 Å². The van der Waals surface area contributed by atoms with E-state index in [1.807, 2.05) is 25.7 Å². The number of nitrogens with one attached hydrogen (secondary N) is 1. The average molecular weight is 478 g/mol. The summed E-state index contributed by atoms with van der Waals surface area (Å²) >= 11 is 0. The fraction of sp³-hybridized carbons (Fsp3) is 0.500. The van der Waals surface area contributed by atoms with Gasteiger partial charge in [-0.15, -0.1) is 0 Å². The summed E-state index contributed by atoms with van der Waals surface area (Å²) in [7, 11) is 0. The summed E-state index contributed by atoms with van der Waals surface area (Å²) in [4.78, 5) is 15.1. The molecule has 0 atom stereocenters. The Hall–Kier alpha value is -2.63. The average Bonchev–Trinajstić information content (AvgIpc) is 2.82. The van der Waals surface area contributed by atoms with E-state index in [1.165, 1.54) is 27.1 Å². The Bertz CT molecular complexity index is 1020. The molecule has 0 aliphatic heterocycles. The molecule has 35 heavy (non-hydrogen) atoms. The van der Waals surface area contributed by atoms with E-state index in [-0.39, 0.29) is 6.09 Å². The highest BCUT2D eigenvalue weighted by Crippen LogP contribution is 2.30. The summed E-state index contributed by atoms with van der Waals surface area (Å²) in [5.74, 6) is 0. The van der Waals surface area contributed by atoms with Crippen LogP contribution in [0.4, 0.5) is 4.79 Å². The molecule has 0 saturated heterocycles. The van der Waals surface area contributed by atoms with Gasteiger partial charge in [-0.3, -0.25) is 0 Å². The third-order valence-corrected chi connectivity index (χ3v) is 6.22. The van der Waals surface area contributed by atoms with Crippen molar-refractivity contribution in [2.75, 3.05) is 26.2 Å². The maximum absolute atomic E-state index is 13.2. The lowest BCUT2D eigenvalue weighted by Gasteiger charge is -2.28. The molecular formula is C30H43N3O2. The summed E-state index contributed by atoms with van der Waals surface area (Å²) in [5, 5.41) is 8.28. The topological polar surface area (TPSA) is 67.6 Å². The second kappa shape index (κ2) is 13.5. The van der Waals surface area contributed by atoms with E-state index in [1.54, 1.807) is 0 Å². The first-order valence-corrected chi connectivity index (χ1v) is 13.2. The van der Waals surface area contributed by atoms with Gasteiger partial charge in [0, 0.05) is 6.54 Å². The van der Waals surface area contributed by atoms with Crippen molar-refractivity contribution < 1.29 is 9.53 Å². The molecule has 3 N–H and O–H groups in total. The normalized spacial score (nSPS) is 11.8. The fourth-order valence-electron chi connectivity index (χ4n) is 4.46. The van der Waals surface area contributed by atoms with Crippen molar-refractivity contribution in [3.8, 4) is 0 Å². The van der Waals surface area contributed by atoms with E-state index < -0.39 is 5.60 Å². The summed E-state index contributed by atoms with van der Waals surface area (Å²) in [6, 6.07) is 19.1. The lowest BCUT2D eigenvalue weighted by Crippen LogP contribution is -2.37. The Morgan fingerprint density at radius 3 is 2.03 bits per heavy atom. The van der Waals surface area contributed by atoms with E-state index >= 15 is 0 Å². The Kier molecular flexibility index (Phi) is 10.4. The maximum Gasteiger partial charge on any atom is 0.410 e. The SMILES string of the molecule is CC(C)(C)OC(=O)N(CCCCCCNCCCCN)Cc1c2ccccc2cc2ccccc12. The molecule has 0 aliphatic carbocycles. The van der Waals surface area contributed by atoms with Crippen LogP contribution in [-0.4, -0.2) is 42.8 Å². The molecule has 0 spiro atoms. The summed E-state index contributed by atoms with van der Waals surface area (Å²) < 4.78 is 5.81. The lowest BCUT2D eigenvalue weighted by atomic mass is 9.96. The van der Waals surface area contributed by atoms with Gasteiger partial charge in [-0.2, -0.15) is 0 Å². The zero-order valence-corrected chi connectivity index (χ0v) is 21.8. The summed E-state index contributed by atoms with van der Waals surface area (Å²) in [6.07, 6.45) is 6.36. The number of nitrogens with zero attached hydrogens (tertiary/aromatic N) is 1. The fourth-order valence-corrected chi connectivity index (χ4v) is 4.46. The molecule has 0 saturated carbocycles. The number of fused-ring (bicyclic) bond motifs is 2. The number of benzene rings is 3. The van der Waals surface area contributed by atoms with Crippen molar-refractivity contribution in [2.24, 2.45) is 5.73 Å². The predicted molar refractivity (Wildman–Crippen MR) is 148 cm³/mol. The largest absolute Gasteiger partial charge is 0.444 e. The van der Waals surface area contributed by atoms with Crippen LogP contribution in [-0.2, 0) is 11.3 Å². The summed E-state index contributed by atoms with van der Waals surface area (Å²) in [5.41, 5.74) is 6.21. The van der Waals surface area contributed by atoms with Gasteiger partial charge in [0.15, 0.2) is 0 Å². The van der Waals surface area contributed by atoms with Gasteiger partial charge >= 0.3 is 6.09 Å². The van der Waals surface area contributed by atoms with Crippen LogP contribution in [0.15, 0.2) is 54.6 Å². The zero-order valence-electron chi connectivity index (χ0n) is 21.8. The second-order valence-corrected chi connectivity index (χ2v) is 10.4. The first-order valence-electron chi connectivity index (χ1n) is 13.2. The van der Waals surface area contributed by atoms with Gasteiger partial charge in [-0.1, -0.05) is 61.4 Å². The highest BCUT2D eigenvalue weighted by molar-refractivity contribution is 6.02. The number of carbonyl (C=O) groups is 1.